The lowest BCUT2D eigenvalue weighted by molar-refractivity contribution is -0.156. The number of carbonyl (C=O) groups is 3. The Morgan fingerprint density at radius 1 is 1.22 bits per heavy atom. The fraction of sp³-hybridized carbons (Fsp3) is 0.769. The van der Waals surface area contributed by atoms with E-state index in [-0.39, 0.29) is 11.8 Å². The molecule has 0 aromatic carbocycles. The summed E-state index contributed by atoms with van der Waals surface area (Å²) in [7, 11) is 1.44. The van der Waals surface area contributed by atoms with Crippen LogP contribution in [0.15, 0.2) is 0 Å². The molecular formula is C13H20N2O3. The summed E-state index contributed by atoms with van der Waals surface area (Å²) < 4.78 is 0. The third kappa shape index (κ3) is 1.72. The van der Waals surface area contributed by atoms with Gasteiger partial charge in [0.25, 0.3) is 0 Å². The van der Waals surface area contributed by atoms with Gasteiger partial charge in [0.1, 0.15) is 5.41 Å². The number of carbonyl (C=O) groups excluding carboxylic acids is 3. The monoisotopic (exact) mass is 252 g/mol. The molecule has 4 amide bonds. The first-order valence-electron chi connectivity index (χ1n) is 6.67. The molecule has 1 N–H and O–H groups in total. The molecule has 1 heterocycles. The van der Waals surface area contributed by atoms with Gasteiger partial charge in [-0.3, -0.25) is 19.8 Å². The second kappa shape index (κ2) is 4.71. The Hall–Kier alpha value is -1.39. The van der Waals surface area contributed by atoms with Crippen LogP contribution < -0.4 is 5.32 Å². The van der Waals surface area contributed by atoms with Crippen LogP contribution in [0, 0.1) is 11.3 Å². The molecule has 5 nitrogen and oxygen atoms in total. The molecule has 1 aliphatic carbocycles. The van der Waals surface area contributed by atoms with Crippen molar-refractivity contribution in [1.82, 2.24) is 10.2 Å². The van der Waals surface area contributed by atoms with E-state index in [0.29, 0.717) is 6.42 Å². The van der Waals surface area contributed by atoms with Crippen LogP contribution in [0.3, 0.4) is 0 Å². The molecule has 1 saturated heterocycles. The van der Waals surface area contributed by atoms with E-state index >= 15 is 0 Å². The summed E-state index contributed by atoms with van der Waals surface area (Å²) >= 11 is 0. The third-order valence-electron chi connectivity index (χ3n) is 4.48. The number of nitrogens with zero attached hydrogens (tertiary/aromatic N) is 1. The van der Waals surface area contributed by atoms with Crippen LogP contribution >= 0.6 is 0 Å². The molecule has 2 fully saturated rings. The van der Waals surface area contributed by atoms with Crippen molar-refractivity contribution in [3.8, 4) is 0 Å². The number of barbiturate groups is 1. The van der Waals surface area contributed by atoms with Gasteiger partial charge in [-0.2, -0.15) is 0 Å². The fourth-order valence-electron chi connectivity index (χ4n) is 3.34. The van der Waals surface area contributed by atoms with Gasteiger partial charge in [-0.15, -0.1) is 0 Å². The molecule has 1 saturated carbocycles. The average molecular weight is 252 g/mol. The van der Waals surface area contributed by atoms with Crippen LogP contribution in [0.2, 0.25) is 0 Å². The molecule has 1 aliphatic heterocycles. The first-order valence-corrected chi connectivity index (χ1v) is 6.67. The van der Waals surface area contributed by atoms with Crippen LogP contribution in [0.1, 0.15) is 45.4 Å². The number of urea groups is 1. The van der Waals surface area contributed by atoms with Crippen molar-refractivity contribution in [2.24, 2.45) is 11.3 Å². The normalized spacial score (nSPS) is 30.6. The Morgan fingerprint density at radius 3 is 2.39 bits per heavy atom. The maximum absolute atomic E-state index is 12.4. The second-order valence-corrected chi connectivity index (χ2v) is 5.28. The average Bonchev–Trinajstić information content (AvgIpc) is 2.39. The van der Waals surface area contributed by atoms with Gasteiger partial charge in [0.2, 0.25) is 11.8 Å². The van der Waals surface area contributed by atoms with Gasteiger partial charge in [-0.05, 0) is 25.2 Å². The van der Waals surface area contributed by atoms with E-state index < -0.39 is 17.4 Å². The predicted octanol–water partition coefficient (Wildman–Crippen LogP) is 1.67. The molecule has 5 heteroatoms. The van der Waals surface area contributed by atoms with Gasteiger partial charge in [0, 0.05) is 7.05 Å². The highest BCUT2D eigenvalue weighted by Gasteiger charge is 2.55. The third-order valence-corrected chi connectivity index (χ3v) is 4.48. The SMILES string of the molecule is CCC1(C2CCCCC2)C(=O)NC(=O)N(C)C1=O. The van der Waals surface area contributed by atoms with Gasteiger partial charge < -0.3 is 0 Å². The molecule has 0 aromatic rings. The Kier molecular flexibility index (Phi) is 3.41. The summed E-state index contributed by atoms with van der Waals surface area (Å²) in [4.78, 5) is 37.2. The molecule has 0 aromatic heterocycles. The largest absolute Gasteiger partial charge is 0.330 e. The van der Waals surface area contributed by atoms with Crippen molar-refractivity contribution < 1.29 is 14.4 Å². The maximum Gasteiger partial charge on any atom is 0.330 e. The maximum atomic E-state index is 12.4. The first-order chi connectivity index (χ1) is 8.54. The van der Waals surface area contributed by atoms with E-state index in [1.807, 2.05) is 6.92 Å². The number of imide groups is 2. The van der Waals surface area contributed by atoms with Crippen LogP contribution in [-0.2, 0) is 9.59 Å². The summed E-state index contributed by atoms with van der Waals surface area (Å²) in [6.45, 7) is 1.86. The lowest BCUT2D eigenvalue weighted by Gasteiger charge is -2.43. The van der Waals surface area contributed by atoms with Crippen molar-refractivity contribution >= 4 is 17.8 Å². The first kappa shape index (κ1) is 13.1. The van der Waals surface area contributed by atoms with E-state index in [2.05, 4.69) is 5.32 Å². The number of rotatable bonds is 2. The topological polar surface area (TPSA) is 66.5 Å². The minimum Gasteiger partial charge on any atom is -0.277 e. The minimum atomic E-state index is -1.02. The predicted molar refractivity (Wildman–Crippen MR) is 65.6 cm³/mol. The van der Waals surface area contributed by atoms with Crippen LogP contribution in [0.5, 0.6) is 0 Å². The lowest BCUT2D eigenvalue weighted by Crippen LogP contribution is -2.65. The van der Waals surface area contributed by atoms with E-state index in [4.69, 9.17) is 0 Å². The van der Waals surface area contributed by atoms with Crippen LogP contribution in [0.25, 0.3) is 0 Å². The highest BCUT2D eigenvalue weighted by Crippen LogP contribution is 2.43. The van der Waals surface area contributed by atoms with E-state index in [1.165, 1.54) is 13.5 Å². The second-order valence-electron chi connectivity index (χ2n) is 5.28. The molecule has 2 rings (SSSR count). The van der Waals surface area contributed by atoms with Crippen molar-refractivity contribution in [3.05, 3.63) is 0 Å². The van der Waals surface area contributed by atoms with Crippen LogP contribution in [-0.4, -0.2) is 29.8 Å². The van der Waals surface area contributed by atoms with Crippen molar-refractivity contribution in [1.29, 1.82) is 0 Å². The highest BCUT2D eigenvalue weighted by molar-refractivity contribution is 6.19. The number of nitrogens with one attached hydrogen (secondary N) is 1. The zero-order valence-corrected chi connectivity index (χ0v) is 11.0. The summed E-state index contributed by atoms with van der Waals surface area (Å²) in [5.74, 6) is -0.657. The summed E-state index contributed by atoms with van der Waals surface area (Å²) in [6, 6.07) is -0.607. The molecule has 0 radical (unpaired) electrons. The van der Waals surface area contributed by atoms with Gasteiger partial charge in [-0.1, -0.05) is 26.2 Å². The summed E-state index contributed by atoms with van der Waals surface area (Å²) in [5, 5.41) is 2.33. The molecule has 1 atom stereocenters. The van der Waals surface area contributed by atoms with Crippen molar-refractivity contribution in [2.75, 3.05) is 7.05 Å². The van der Waals surface area contributed by atoms with Gasteiger partial charge in [-0.25, -0.2) is 4.79 Å². The quantitative estimate of drug-likeness (QED) is 0.760. The Balaban J connectivity index is 2.36. The number of amides is 4. The van der Waals surface area contributed by atoms with Gasteiger partial charge in [0.15, 0.2) is 0 Å². The zero-order valence-electron chi connectivity index (χ0n) is 11.0. The smallest absolute Gasteiger partial charge is 0.277 e. The minimum absolute atomic E-state index is 0.0688. The Labute approximate surface area is 107 Å². The van der Waals surface area contributed by atoms with Gasteiger partial charge >= 0.3 is 6.03 Å². The van der Waals surface area contributed by atoms with Crippen molar-refractivity contribution in [2.45, 2.75) is 45.4 Å². The van der Waals surface area contributed by atoms with Gasteiger partial charge in [0.05, 0.1) is 0 Å². The van der Waals surface area contributed by atoms with E-state index in [1.54, 1.807) is 0 Å². The molecule has 2 aliphatic rings. The zero-order chi connectivity index (χ0) is 13.3. The standard InChI is InChI=1S/C13H20N2O3/c1-3-13(9-7-5-4-6-8-9)10(16)14-12(18)15(2)11(13)17/h9H,3-8H2,1-2H3,(H,14,16,18). The summed E-state index contributed by atoms with van der Waals surface area (Å²) in [5.41, 5.74) is -1.02. The Bertz CT molecular complexity index is 388. The highest BCUT2D eigenvalue weighted by atomic mass is 16.2. The summed E-state index contributed by atoms with van der Waals surface area (Å²) in [6.07, 6.45) is 5.54. The van der Waals surface area contributed by atoms with Crippen LogP contribution in [0.4, 0.5) is 4.79 Å². The molecule has 100 valence electrons. The molecule has 18 heavy (non-hydrogen) atoms. The fourth-order valence-corrected chi connectivity index (χ4v) is 3.34. The number of hydrogen-bond acceptors (Lipinski definition) is 3. The van der Waals surface area contributed by atoms with Crippen molar-refractivity contribution in [3.63, 3.8) is 0 Å². The van der Waals surface area contributed by atoms with E-state index in [0.717, 1.165) is 30.6 Å². The molecule has 1 unspecified atom stereocenters. The molecule has 0 spiro atoms. The van der Waals surface area contributed by atoms with E-state index in [9.17, 15) is 14.4 Å². The molecular weight excluding hydrogens is 232 g/mol. The molecule has 0 bridgehead atoms. The number of hydrogen-bond donors (Lipinski definition) is 1. The Morgan fingerprint density at radius 2 is 1.83 bits per heavy atom. The lowest BCUT2D eigenvalue weighted by atomic mass is 9.65.